The fraction of sp³-hybridized carbons (Fsp3) is 0.480. The van der Waals surface area contributed by atoms with Gasteiger partial charge in [-0.1, -0.05) is 12.1 Å². The molecular weight excluding hydrogens is 495 g/mol. The predicted molar refractivity (Wildman–Crippen MR) is 115 cm³/mol. The summed E-state index contributed by atoms with van der Waals surface area (Å²) in [4.78, 5) is 12.9. The maximum absolute atomic E-state index is 13.5. The third-order valence-electron chi connectivity index (χ3n) is 7.07. The maximum atomic E-state index is 13.5. The molecule has 2 aliphatic rings. The smallest absolute Gasteiger partial charge is 0.416 e. The molecule has 4 rings (SSSR count). The quantitative estimate of drug-likeness (QED) is 0.454. The Morgan fingerprint density at radius 3 is 2.11 bits per heavy atom. The van der Waals surface area contributed by atoms with E-state index in [0.717, 1.165) is 5.56 Å². The van der Waals surface area contributed by atoms with Crippen LogP contribution in [0.3, 0.4) is 0 Å². The van der Waals surface area contributed by atoms with E-state index in [4.69, 9.17) is 4.74 Å². The molecule has 4 nitrogen and oxygen atoms in total. The van der Waals surface area contributed by atoms with Crippen LogP contribution in [0.5, 0.6) is 0 Å². The molecule has 1 saturated heterocycles. The van der Waals surface area contributed by atoms with Gasteiger partial charge in [0.2, 0.25) is 0 Å². The Labute approximate surface area is 202 Å². The predicted octanol–water partition coefficient (Wildman–Crippen LogP) is 6.59. The zero-order chi connectivity index (χ0) is 26.3. The van der Waals surface area contributed by atoms with Crippen LogP contribution < -0.4 is 0 Å². The van der Waals surface area contributed by atoms with E-state index in [1.54, 1.807) is 12.1 Å². The van der Waals surface area contributed by atoms with Gasteiger partial charge >= 0.3 is 18.4 Å². The highest BCUT2D eigenvalue weighted by Gasteiger charge is 2.46. The van der Waals surface area contributed by atoms with E-state index in [9.17, 15) is 40.6 Å². The number of nitrogens with zero attached hydrogens (tertiary/aromatic N) is 1. The van der Waals surface area contributed by atoms with Gasteiger partial charge in [-0.3, -0.25) is 0 Å². The van der Waals surface area contributed by atoms with Crippen LogP contribution in [-0.2, 0) is 23.5 Å². The average Bonchev–Trinajstić information content (AvgIpc) is 3.23. The number of amides is 1. The minimum atomic E-state index is -4.93. The summed E-state index contributed by atoms with van der Waals surface area (Å²) in [5.41, 5.74) is -2.16. The lowest BCUT2D eigenvalue weighted by Crippen LogP contribution is -2.38. The van der Waals surface area contributed by atoms with E-state index in [-0.39, 0.29) is 49.0 Å². The van der Waals surface area contributed by atoms with E-state index in [0.29, 0.717) is 31.5 Å². The summed E-state index contributed by atoms with van der Waals surface area (Å²) < 4.78 is 98.5. The number of likely N-dealkylation sites (tertiary alicyclic amines) is 1. The normalized spacial score (nSPS) is 24.6. The number of benzene rings is 2. The van der Waals surface area contributed by atoms with Crippen LogP contribution in [0.2, 0.25) is 0 Å². The van der Waals surface area contributed by atoms with E-state index in [1.165, 1.54) is 17.0 Å². The Hall–Kier alpha value is -2.82. The Bertz CT molecular complexity index is 1050. The van der Waals surface area contributed by atoms with E-state index < -0.39 is 41.5 Å². The number of hydrogen-bond acceptors (Lipinski definition) is 2. The molecule has 4 atom stereocenters. The van der Waals surface area contributed by atoms with Crippen molar-refractivity contribution in [3.63, 3.8) is 0 Å². The Kier molecular flexibility index (Phi) is 7.23. The monoisotopic (exact) mass is 519 g/mol. The first-order valence-electron chi connectivity index (χ1n) is 11.5. The van der Waals surface area contributed by atoms with Crippen LogP contribution in [0, 0.1) is 17.7 Å². The fourth-order valence-electron chi connectivity index (χ4n) is 5.42. The van der Waals surface area contributed by atoms with E-state index >= 15 is 0 Å². The first-order valence-corrected chi connectivity index (χ1v) is 11.5. The van der Waals surface area contributed by atoms with Gasteiger partial charge in [0.1, 0.15) is 5.82 Å². The Morgan fingerprint density at radius 2 is 1.56 bits per heavy atom. The van der Waals surface area contributed by atoms with Crippen molar-refractivity contribution in [1.82, 2.24) is 4.90 Å². The maximum Gasteiger partial charge on any atom is 0.416 e. The van der Waals surface area contributed by atoms with Crippen molar-refractivity contribution in [2.75, 3.05) is 19.7 Å². The number of hydrogen-bond donors (Lipinski definition) is 1. The van der Waals surface area contributed by atoms with Gasteiger partial charge in [0, 0.05) is 19.0 Å². The second-order valence-corrected chi connectivity index (χ2v) is 9.34. The lowest BCUT2D eigenvalue weighted by Gasteiger charge is -2.39. The van der Waals surface area contributed by atoms with Crippen molar-refractivity contribution in [1.29, 1.82) is 0 Å². The van der Waals surface area contributed by atoms with Gasteiger partial charge in [0.25, 0.3) is 0 Å². The Balaban J connectivity index is 1.53. The van der Waals surface area contributed by atoms with Gasteiger partial charge in [-0.15, -0.1) is 0 Å². The molecular formula is C25H24F7NO3. The molecule has 0 radical (unpaired) electrons. The second kappa shape index (κ2) is 9.91. The van der Waals surface area contributed by atoms with Crippen LogP contribution in [0.15, 0.2) is 42.5 Å². The van der Waals surface area contributed by atoms with Crippen LogP contribution in [0.4, 0.5) is 35.5 Å². The van der Waals surface area contributed by atoms with Crippen molar-refractivity contribution in [3.8, 4) is 0 Å². The number of fused-ring (bicyclic) bond motifs is 1. The third kappa shape index (κ3) is 5.77. The first-order chi connectivity index (χ1) is 16.8. The Morgan fingerprint density at radius 1 is 0.944 bits per heavy atom. The molecule has 2 aromatic carbocycles. The molecule has 1 N–H and O–H groups in total. The van der Waals surface area contributed by atoms with Crippen molar-refractivity contribution in [2.24, 2.45) is 11.8 Å². The molecule has 0 spiro atoms. The summed E-state index contributed by atoms with van der Waals surface area (Å²) >= 11 is 0. The lowest BCUT2D eigenvalue weighted by atomic mass is 9.69. The summed E-state index contributed by atoms with van der Waals surface area (Å²) in [5.74, 6) is -0.752. The summed E-state index contributed by atoms with van der Waals surface area (Å²) in [6, 6.07) is 7.26. The number of rotatable bonds is 5. The van der Waals surface area contributed by atoms with E-state index in [1.807, 2.05) is 0 Å². The zero-order valence-electron chi connectivity index (χ0n) is 19.0. The molecule has 1 heterocycles. The number of carboxylic acid groups (broad SMARTS) is 1. The molecule has 0 aromatic heterocycles. The van der Waals surface area contributed by atoms with Gasteiger partial charge in [0.05, 0.1) is 23.8 Å². The molecule has 1 saturated carbocycles. The topological polar surface area (TPSA) is 49.8 Å². The average molecular weight is 519 g/mol. The molecule has 2 fully saturated rings. The number of alkyl halides is 6. The molecule has 1 amide bonds. The number of carbonyl (C=O) groups is 1. The number of ether oxygens (including phenoxy) is 1. The van der Waals surface area contributed by atoms with Gasteiger partial charge < -0.3 is 14.7 Å². The minimum Gasteiger partial charge on any atom is -0.465 e. The van der Waals surface area contributed by atoms with Gasteiger partial charge in [-0.2, -0.15) is 26.3 Å². The summed E-state index contributed by atoms with van der Waals surface area (Å²) in [6.45, 7) is 0.514. The van der Waals surface area contributed by atoms with Gasteiger partial charge in [-0.05, 0) is 72.6 Å². The molecule has 1 aliphatic heterocycles. The van der Waals surface area contributed by atoms with Crippen LogP contribution in [0.25, 0.3) is 0 Å². The SMILES string of the molecule is O=C(O)N1C[C@H]2CC[C@@H](OCCc3cc(C(F)(F)F)cc(C(F)(F)F)c3)[C@H](c3ccc(F)cc3)[C@H]2C1. The summed E-state index contributed by atoms with van der Waals surface area (Å²) in [7, 11) is 0. The zero-order valence-corrected chi connectivity index (χ0v) is 19.0. The largest absolute Gasteiger partial charge is 0.465 e. The minimum absolute atomic E-state index is 0.0776. The van der Waals surface area contributed by atoms with Crippen molar-refractivity contribution >= 4 is 6.09 Å². The molecule has 0 unspecified atom stereocenters. The van der Waals surface area contributed by atoms with Crippen LogP contribution in [0.1, 0.15) is 41.0 Å². The first kappa shape index (κ1) is 26.2. The van der Waals surface area contributed by atoms with Crippen molar-refractivity contribution < 1.29 is 45.4 Å². The molecule has 196 valence electrons. The molecule has 2 aromatic rings. The molecule has 0 bridgehead atoms. The highest BCUT2D eigenvalue weighted by molar-refractivity contribution is 5.65. The number of halogens is 7. The summed E-state index contributed by atoms with van der Waals surface area (Å²) in [5, 5.41) is 9.43. The van der Waals surface area contributed by atoms with Crippen molar-refractivity contribution in [3.05, 3.63) is 70.5 Å². The third-order valence-corrected chi connectivity index (χ3v) is 7.07. The van der Waals surface area contributed by atoms with Gasteiger partial charge in [0.15, 0.2) is 0 Å². The molecule has 1 aliphatic carbocycles. The summed E-state index contributed by atoms with van der Waals surface area (Å²) in [6.07, 6.45) is -10.3. The highest BCUT2D eigenvalue weighted by atomic mass is 19.4. The van der Waals surface area contributed by atoms with E-state index in [2.05, 4.69) is 0 Å². The standard InChI is InChI=1S/C25H24F7NO3/c26-19-4-1-15(2-5-19)22-20-13-33(23(34)35)12-16(20)3-6-21(22)36-8-7-14-9-17(24(27,28)29)11-18(10-14)25(30,31)32/h1-2,4-5,9-11,16,20-22H,3,6-8,12-13H2,(H,34,35)/t16-,20+,21-,22-/m1/s1. The highest BCUT2D eigenvalue weighted by Crippen LogP contribution is 2.46. The fourth-order valence-corrected chi connectivity index (χ4v) is 5.42. The van der Waals surface area contributed by atoms with Crippen LogP contribution >= 0.6 is 0 Å². The van der Waals surface area contributed by atoms with Gasteiger partial charge in [-0.25, -0.2) is 9.18 Å². The lowest BCUT2D eigenvalue weighted by molar-refractivity contribution is -0.143. The van der Waals surface area contributed by atoms with Crippen LogP contribution in [-0.4, -0.2) is 41.9 Å². The second-order valence-electron chi connectivity index (χ2n) is 9.34. The van der Waals surface area contributed by atoms with Crippen molar-refractivity contribution in [2.45, 2.75) is 43.6 Å². The molecule has 11 heteroatoms. The molecule has 36 heavy (non-hydrogen) atoms.